The van der Waals surface area contributed by atoms with Gasteiger partial charge in [-0.05, 0) is 46.3 Å². The first-order valence-corrected chi connectivity index (χ1v) is 6.54. The molecule has 4 N–H and O–H groups in total. The van der Waals surface area contributed by atoms with Crippen LogP contribution >= 0.6 is 15.9 Å². The van der Waals surface area contributed by atoms with Gasteiger partial charge in [-0.25, -0.2) is 4.79 Å². The van der Waals surface area contributed by atoms with Crippen LogP contribution in [0.15, 0.2) is 40.9 Å². The third kappa shape index (κ3) is 3.14. The van der Waals surface area contributed by atoms with Crippen LogP contribution in [0, 0.1) is 0 Å². The van der Waals surface area contributed by atoms with Crippen LogP contribution in [-0.4, -0.2) is 27.2 Å². The molecular weight excluding hydrogens is 342 g/mol. The first-order chi connectivity index (χ1) is 9.90. The first kappa shape index (κ1) is 14.9. The number of rotatable bonds is 3. The monoisotopic (exact) mass is 351 g/mol. The van der Waals surface area contributed by atoms with Crippen molar-refractivity contribution >= 4 is 33.5 Å². The molecule has 0 radical (unpaired) electrons. The number of amides is 1. The van der Waals surface area contributed by atoms with Gasteiger partial charge in [0.25, 0.3) is 5.91 Å². The highest BCUT2D eigenvalue weighted by atomic mass is 79.9. The molecule has 0 bridgehead atoms. The van der Waals surface area contributed by atoms with Crippen molar-refractivity contribution < 1.29 is 24.9 Å². The van der Waals surface area contributed by atoms with Crippen LogP contribution in [0.25, 0.3) is 0 Å². The Labute approximate surface area is 127 Å². The van der Waals surface area contributed by atoms with Crippen molar-refractivity contribution in [2.24, 2.45) is 0 Å². The molecular formula is C14H10BrNO5. The number of phenolic OH excluding ortho intramolecular Hbond substituents is 2. The van der Waals surface area contributed by atoms with Crippen LogP contribution in [0.1, 0.15) is 20.7 Å². The fraction of sp³-hybridized carbons (Fsp3) is 0. The number of nitrogens with one attached hydrogen (secondary N) is 1. The quantitative estimate of drug-likeness (QED) is 0.680. The summed E-state index contributed by atoms with van der Waals surface area (Å²) < 4.78 is 0.468. The predicted molar refractivity (Wildman–Crippen MR) is 78.8 cm³/mol. The van der Waals surface area contributed by atoms with Crippen LogP contribution in [0.3, 0.4) is 0 Å². The number of anilines is 1. The van der Waals surface area contributed by atoms with E-state index in [4.69, 9.17) is 5.11 Å². The lowest BCUT2D eigenvalue weighted by molar-refractivity contribution is 0.0696. The summed E-state index contributed by atoms with van der Waals surface area (Å²) >= 11 is 3.18. The number of carbonyl (C=O) groups is 2. The Morgan fingerprint density at radius 1 is 1.05 bits per heavy atom. The number of carboxylic acid groups (broad SMARTS) is 1. The molecule has 0 heterocycles. The highest BCUT2D eigenvalue weighted by molar-refractivity contribution is 9.10. The fourth-order valence-electron chi connectivity index (χ4n) is 1.70. The standard InChI is InChI=1S/C14H10BrNO5/c15-8-5-4-7(14(20)21)6-9(8)16-13(19)12-10(17)2-1-3-11(12)18/h1-6,17-18H,(H,16,19)(H,20,21). The molecule has 0 saturated heterocycles. The van der Waals surface area contributed by atoms with Gasteiger partial charge in [-0.2, -0.15) is 0 Å². The van der Waals surface area contributed by atoms with Crippen molar-refractivity contribution in [1.82, 2.24) is 0 Å². The minimum absolute atomic E-state index is 0.00462. The van der Waals surface area contributed by atoms with Gasteiger partial charge in [0.05, 0.1) is 11.3 Å². The summed E-state index contributed by atoms with van der Waals surface area (Å²) in [6.45, 7) is 0. The molecule has 0 spiro atoms. The number of phenols is 2. The molecule has 2 aromatic rings. The molecule has 0 aromatic heterocycles. The summed E-state index contributed by atoms with van der Waals surface area (Å²) in [5.74, 6) is -2.65. The van der Waals surface area contributed by atoms with Gasteiger partial charge in [-0.15, -0.1) is 0 Å². The minimum Gasteiger partial charge on any atom is -0.507 e. The zero-order chi connectivity index (χ0) is 15.6. The van der Waals surface area contributed by atoms with E-state index in [1.54, 1.807) is 0 Å². The summed E-state index contributed by atoms with van der Waals surface area (Å²) in [5, 5.41) is 30.6. The number of hydrogen-bond acceptors (Lipinski definition) is 4. The van der Waals surface area contributed by atoms with Crippen LogP contribution in [0.2, 0.25) is 0 Å². The zero-order valence-electron chi connectivity index (χ0n) is 10.5. The maximum Gasteiger partial charge on any atom is 0.335 e. The van der Waals surface area contributed by atoms with Gasteiger partial charge in [0.2, 0.25) is 0 Å². The summed E-state index contributed by atoms with van der Waals surface area (Å²) in [6, 6.07) is 8.03. The second kappa shape index (κ2) is 5.84. The highest BCUT2D eigenvalue weighted by Gasteiger charge is 2.17. The SMILES string of the molecule is O=C(O)c1ccc(Br)c(NC(=O)c2c(O)cccc2O)c1. The molecule has 0 unspecified atom stereocenters. The number of halogens is 1. The van der Waals surface area contributed by atoms with Crippen LogP contribution in [0.4, 0.5) is 5.69 Å². The second-order valence-electron chi connectivity index (χ2n) is 4.13. The molecule has 6 nitrogen and oxygen atoms in total. The summed E-state index contributed by atoms with van der Waals surface area (Å²) in [6.07, 6.45) is 0. The Balaban J connectivity index is 2.36. The van der Waals surface area contributed by atoms with Crippen molar-refractivity contribution in [3.8, 4) is 11.5 Å². The second-order valence-corrected chi connectivity index (χ2v) is 4.98. The van der Waals surface area contributed by atoms with E-state index in [1.807, 2.05) is 0 Å². The van der Waals surface area contributed by atoms with E-state index in [2.05, 4.69) is 21.2 Å². The summed E-state index contributed by atoms with van der Waals surface area (Å²) in [4.78, 5) is 23.0. The molecule has 0 aliphatic rings. The van der Waals surface area contributed by atoms with E-state index in [-0.39, 0.29) is 28.3 Å². The first-order valence-electron chi connectivity index (χ1n) is 5.75. The number of carboxylic acids is 1. The normalized spacial score (nSPS) is 10.1. The Kier molecular flexibility index (Phi) is 4.13. The number of hydrogen-bond donors (Lipinski definition) is 4. The van der Waals surface area contributed by atoms with Crippen molar-refractivity contribution in [2.45, 2.75) is 0 Å². The number of benzene rings is 2. The average Bonchev–Trinajstić information content (AvgIpc) is 2.40. The van der Waals surface area contributed by atoms with Crippen molar-refractivity contribution in [2.75, 3.05) is 5.32 Å². The van der Waals surface area contributed by atoms with Gasteiger partial charge in [0, 0.05) is 4.47 Å². The van der Waals surface area contributed by atoms with E-state index in [1.165, 1.54) is 36.4 Å². The van der Waals surface area contributed by atoms with E-state index in [9.17, 15) is 19.8 Å². The smallest absolute Gasteiger partial charge is 0.335 e. The highest BCUT2D eigenvalue weighted by Crippen LogP contribution is 2.29. The lowest BCUT2D eigenvalue weighted by Crippen LogP contribution is -2.13. The number of aromatic hydroxyl groups is 2. The van der Waals surface area contributed by atoms with E-state index < -0.39 is 11.9 Å². The van der Waals surface area contributed by atoms with Gasteiger partial charge in [0.1, 0.15) is 17.1 Å². The largest absolute Gasteiger partial charge is 0.507 e. The van der Waals surface area contributed by atoms with Gasteiger partial charge >= 0.3 is 5.97 Å². The Hall–Kier alpha value is -2.54. The molecule has 1 amide bonds. The molecule has 0 fully saturated rings. The minimum atomic E-state index is -1.14. The summed E-state index contributed by atoms with van der Waals surface area (Å²) in [5.41, 5.74) is -0.0808. The third-order valence-corrected chi connectivity index (χ3v) is 3.40. The molecule has 0 aliphatic carbocycles. The maximum atomic E-state index is 12.1. The Morgan fingerprint density at radius 3 is 2.24 bits per heavy atom. The Morgan fingerprint density at radius 2 is 1.67 bits per heavy atom. The third-order valence-electron chi connectivity index (χ3n) is 2.71. The number of aromatic carboxylic acids is 1. The molecule has 0 aliphatic heterocycles. The van der Waals surface area contributed by atoms with Gasteiger partial charge in [-0.3, -0.25) is 4.79 Å². The summed E-state index contributed by atoms with van der Waals surface area (Å²) in [7, 11) is 0. The number of carbonyl (C=O) groups excluding carboxylic acids is 1. The lowest BCUT2D eigenvalue weighted by atomic mass is 10.1. The van der Waals surface area contributed by atoms with Crippen molar-refractivity contribution in [3.63, 3.8) is 0 Å². The molecule has 2 aromatic carbocycles. The Bertz CT molecular complexity index is 709. The van der Waals surface area contributed by atoms with E-state index in [0.717, 1.165) is 0 Å². The fourth-order valence-corrected chi connectivity index (χ4v) is 2.05. The zero-order valence-corrected chi connectivity index (χ0v) is 12.1. The van der Waals surface area contributed by atoms with Crippen LogP contribution in [0.5, 0.6) is 11.5 Å². The molecule has 2 rings (SSSR count). The average molecular weight is 352 g/mol. The van der Waals surface area contributed by atoms with Gasteiger partial charge in [-0.1, -0.05) is 6.07 Å². The van der Waals surface area contributed by atoms with E-state index >= 15 is 0 Å². The van der Waals surface area contributed by atoms with Crippen molar-refractivity contribution in [1.29, 1.82) is 0 Å². The molecule has 108 valence electrons. The van der Waals surface area contributed by atoms with Gasteiger partial charge in [0.15, 0.2) is 0 Å². The lowest BCUT2D eigenvalue weighted by Gasteiger charge is -2.10. The molecule has 21 heavy (non-hydrogen) atoms. The van der Waals surface area contributed by atoms with E-state index in [0.29, 0.717) is 4.47 Å². The topological polar surface area (TPSA) is 107 Å². The van der Waals surface area contributed by atoms with Gasteiger partial charge < -0.3 is 20.6 Å². The maximum absolute atomic E-state index is 12.1. The van der Waals surface area contributed by atoms with Crippen LogP contribution in [-0.2, 0) is 0 Å². The van der Waals surface area contributed by atoms with Crippen molar-refractivity contribution in [3.05, 3.63) is 52.0 Å². The molecule has 0 saturated carbocycles. The molecule has 7 heteroatoms. The molecule has 0 atom stereocenters. The van der Waals surface area contributed by atoms with Crippen LogP contribution < -0.4 is 5.32 Å². The predicted octanol–water partition coefficient (Wildman–Crippen LogP) is 2.81.